The Morgan fingerprint density at radius 3 is 2.23 bits per heavy atom. The molecule has 0 atom stereocenters. The Balaban J connectivity index is 2.08. The van der Waals surface area contributed by atoms with Crippen molar-refractivity contribution in [1.29, 1.82) is 0 Å². The fraction of sp³-hybridized carbons (Fsp3) is 0.136. The van der Waals surface area contributed by atoms with Gasteiger partial charge in [0.25, 0.3) is 5.56 Å². The van der Waals surface area contributed by atoms with E-state index in [2.05, 4.69) is 9.97 Å². The molecule has 2 aromatic carbocycles. The van der Waals surface area contributed by atoms with Crippen molar-refractivity contribution >= 4 is 22.6 Å². The fourth-order valence-corrected chi connectivity index (χ4v) is 3.44. The number of hydrogen-bond donors (Lipinski definition) is 0. The first kappa shape index (κ1) is 21.0. The average Bonchev–Trinajstić information content (AvgIpc) is 2.73. The Bertz CT molecular complexity index is 1330. The normalized spacial score (nSPS) is 11.8. The van der Waals surface area contributed by atoms with E-state index in [1.54, 1.807) is 6.92 Å². The van der Waals surface area contributed by atoms with Crippen LogP contribution >= 0.6 is 11.6 Å². The van der Waals surface area contributed by atoms with Crippen LogP contribution in [0.1, 0.15) is 18.3 Å². The summed E-state index contributed by atoms with van der Waals surface area (Å²) in [5.41, 5.74) is -1.73. The van der Waals surface area contributed by atoms with Gasteiger partial charge in [-0.25, -0.2) is 14.4 Å². The van der Waals surface area contributed by atoms with Gasteiger partial charge in [0, 0.05) is 17.0 Å². The van der Waals surface area contributed by atoms with E-state index in [9.17, 15) is 22.4 Å². The number of benzene rings is 2. The predicted molar refractivity (Wildman–Crippen MR) is 110 cm³/mol. The summed E-state index contributed by atoms with van der Waals surface area (Å²) in [6, 6.07) is 11.8. The summed E-state index contributed by atoms with van der Waals surface area (Å²) < 4.78 is 56.2. The number of hydrogen-bond acceptors (Lipinski definition) is 3. The predicted octanol–water partition coefficient (Wildman–Crippen LogP) is 5.82. The average molecular weight is 448 g/mol. The molecule has 0 aliphatic carbocycles. The van der Waals surface area contributed by atoms with Crippen molar-refractivity contribution in [2.45, 2.75) is 19.5 Å². The highest BCUT2D eigenvalue weighted by Crippen LogP contribution is 2.35. The molecule has 0 fully saturated rings. The number of pyridine rings is 1. The minimum Gasteiger partial charge on any atom is -0.268 e. The summed E-state index contributed by atoms with van der Waals surface area (Å²) in [4.78, 5) is 21.7. The minimum absolute atomic E-state index is 0.0185. The van der Waals surface area contributed by atoms with Gasteiger partial charge in [-0.15, -0.1) is 0 Å². The number of aryl methyl sites for hydroxylation is 1. The number of alkyl halides is 3. The van der Waals surface area contributed by atoms with Crippen molar-refractivity contribution in [3.05, 3.63) is 87.2 Å². The molecule has 0 amide bonds. The van der Waals surface area contributed by atoms with Gasteiger partial charge in [-0.1, -0.05) is 30.7 Å². The van der Waals surface area contributed by atoms with E-state index >= 15 is 0 Å². The van der Waals surface area contributed by atoms with Gasteiger partial charge in [-0.2, -0.15) is 13.2 Å². The summed E-state index contributed by atoms with van der Waals surface area (Å²) in [7, 11) is 0. The van der Waals surface area contributed by atoms with Gasteiger partial charge in [0.05, 0.1) is 22.3 Å². The molecule has 4 nitrogen and oxygen atoms in total. The maximum atomic E-state index is 14.0. The monoisotopic (exact) mass is 447 g/mol. The highest BCUT2D eigenvalue weighted by atomic mass is 35.5. The number of fused-ring (bicyclic) bond motifs is 1. The lowest BCUT2D eigenvalue weighted by Gasteiger charge is -2.16. The number of aromatic nitrogens is 3. The third-order valence-electron chi connectivity index (χ3n) is 4.76. The third-order valence-corrected chi connectivity index (χ3v) is 5.01. The van der Waals surface area contributed by atoms with E-state index in [4.69, 9.17) is 11.6 Å². The largest absolute Gasteiger partial charge is 0.417 e. The summed E-state index contributed by atoms with van der Waals surface area (Å²) in [6.07, 6.45) is -4.58. The quantitative estimate of drug-likeness (QED) is 0.372. The fourth-order valence-electron chi connectivity index (χ4n) is 3.31. The first-order valence-electron chi connectivity index (χ1n) is 9.25. The van der Waals surface area contributed by atoms with Crippen LogP contribution in [0.4, 0.5) is 17.6 Å². The molecule has 0 aliphatic rings. The summed E-state index contributed by atoms with van der Waals surface area (Å²) in [5.74, 6) is -0.327. The van der Waals surface area contributed by atoms with Gasteiger partial charge in [0.2, 0.25) is 0 Å². The number of nitrogens with zero attached hydrogens (tertiary/aromatic N) is 3. The molecule has 31 heavy (non-hydrogen) atoms. The molecule has 2 heterocycles. The summed E-state index contributed by atoms with van der Waals surface area (Å²) in [6.45, 7) is 1.71. The smallest absolute Gasteiger partial charge is 0.268 e. The summed E-state index contributed by atoms with van der Waals surface area (Å²) in [5, 5.41) is -0.221. The Hall–Kier alpha value is -3.26. The maximum Gasteiger partial charge on any atom is 0.417 e. The second kappa shape index (κ2) is 7.77. The van der Waals surface area contributed by atoms with Gasteiger partial charge >= 0.3 is 6.18 Å². The standard InChI is InChI=1S/C22H14ClF4N3O/c1-2-18-29-20-19(21(31)30(18)15-9-7-14(24)8-10-15)16(22(25,26)27)11-17(28-20)12-3-5-13(23)6-4-12/h3-11H,2H2,1H3. The van der Waals surface area contributed by atoms with E-state index in [1.807, 2.05) is 0 Å². The molecule has 0 bridgehead atoms. The van der Waals surface area contributed by atoms with Gasteiger partial charge in [0.15, 0.2) is 5.65 Å². The zero-order chi connectivity index (χ0) is 22.3. The Morgan fingerprint density at radius 1 is 1.00 bits per heavy atom. The van der Waals surface area contributed by atoms with E-state index in [1.165, 1.54) is 36.4 Å². The van der Waals surface area contributed by atoms with E-state index in [0.29, 0.717) is 10.6 Å². The lowest BCUT2D eigenvalue weighted by atomic mass is 10.1. The number of halogens is 5. The Kier molecular flexibility index (Phi) is 5.26. The molecule has 0 radical (unpaired) electrons. The Labute approximate surface area is 178 Å². The van der Waals surface area contributed by atoms with Crippen molar-refractivity contribution in [3.8, 4) is 16.9 Å². The molecular weight excluding hydrogens is 434 g/mol. The second-order valence-corrected chi connectivity index (χ2v) is 7.19. The molecule has 158 valence electrons. The van der Waals surface area contributed by atoms with Crippen molar-refractivity contribution in [2.75, 3.05) is 0 Å². The molecule has 0 spiro atoms. The lowest BCUT2D eigenvalue weighted by Crippen LogP contribution is -2.26. The first-order chi connectivity index (χ1) is 14.7. The van der Waals surface area contributed by atoms with Crippen LogP contribution in [-0.4, -0.2) is 14.5 Å². The molecule has 2 aromatic heterocycles. The molecule has 4 rings (SSSR count). The highest BCUT2D eigenvalue weighted by molar-refractivity contribution is 6.30. The second-order valence-electron chi connectivity index (χ2n) is 6.76. The van der Waals surface area contributed by atoms with Gasteiger partial charge in [0.1, 0.15) is 11.6 Å². The highest BCUT2D eigenvalue weighted by Gasteiger charge is 2.36. The maximum absolute atomic E-state index is 14.0. The van der Waals surface area contributed by atoms with Crippen LogP contribution < -0.4 is 5.56 Å². The first-order valence-corrected chi connectivity index (χ1v) is 9.62. The van der Waals surface area contributed by atoms with Crippen LogP contribution in [0.5, 0.6) is 0 Å². The van der Waals surface area contributed by atoms with E-state index in [0.717, 1.165) is 22.8 Å². The molecule has 0 saturated carbocycles. The van der Waals surface area contributed by atoms with Crippen molar-refractivity contribution in [2.24, 2.45) is 0 Å². The number of rotatable bonds is 3. The molecule has 0 aliphatic heterocycles. The molecule has 0 N–H and O–H groups in total. The van der Waals surface area contributed by atoms with Crippen LogP contribution in [0.15, 0.2) is 59.4 Å². The molecule has 9 heteroatoms. The van der Waals surface area contributed by atoms with Crippen molar-refractivity contribution in [1.82, 2.24) is 14.5 Å². The molecular formula is C22H14ClF4N3O. The van der Waals surface area contributed by atoms with Gasteiger partial charge in [-0.3, -0.25) is 9.36 Å². The van der Waals surface area contributed by atoms with Crippen LogP contribution in [0.2, 0.25) is 5.02 Å². The third kappa shape index (κ3) is 3.90. The zero-order valence-electron chi connectivity index (χ0n) is 16.0. The summed E-state index contributed by atoms with van der Waals surface area (Å²) >= 11 is 5.86. The molecule has 4 aromatic rings. The van der Waals surface area contributed by atoms with Crippen molar-refractivity contribution < 1.29 is 17.6 Å². The zero-order valence-corrected chi connectivity index (χ0v) is 16.8. The van der Waals surface area contributed by atoms with Crippen LogP contribution in [0.3, 0.4) is 0 Å². The lowest BCUT2D eigenvalue weighted by molar-refractivity contribution is -0.136. The van der Waals surface area contributed by atoms with Crippen molar-refractivity contribution in [3.63, 3.8) is 0 Å². The van der Waals surface area contributed by atoms with Crippen LogP contribution in [0.25, 0.3) is 28.0 Å². The van der Waals surface area contributed by atoms with Gasteiger partial charge < -0.3 is 0 Å². The SMILES string of the molecule is CCc1nc2nc(-c3ccc(Cl)cc3)cc(C(F)(F)F)c2c(=O)n1-c1ccc(F)cc1. The van der Waals surface area contributed by atoms with Crippen LogP contribution in [0, 0.1) is 5.82 Å². The molecule has 0 saturated heterocycles. The topological polar surface area (TPSA) is 47.8 Å². The van der Waals surface area contributed by atoms with Gasteiger partial charge in [-0.05, 0) is 42.5 Å². The molecule has 0 unspecified atom stereocenters. The van der Waals surface area contributed by atoms with E-state index < -0.39 is 28.5 Å². The van der Waals surface area contributed by atoms with Crippen LogP contribution in [-0.2, 0) is 12.6 Å². The minimum atomic E-state index is -4.82. The Morgan fingerprint density at radius 2 is 1.65 bits per heavy atom. The van der Waals surface area contributed by atoms with E-state index in [-0.39, 0.29) is 29.3 Å².